The fourth-order valence-electron chi connectivity index (χ4n) is 1.96. The van der Waals surface area contributed by atoms with E-state index in [2.05, 4.69) is 29.1 Å². The third-order valence-electron chi connectivity index (χ3n) is 2.97. The summed E-state index contributed by atoms with van der Waals surface area (Å²) in [7, 11) is 0. The number of amides is 2. The van der Waals surface area contributed by atoms with E-state index < -0.39 is 0 Å². The highest BCUT2D eigenvalue weighted by atomic mass is 16.2. The Labute approximate surface area is 146 Å². The minimum atomic E-state index is -0.263. The molecule has 2 aromatic rings. The second-order valence-corrected chi connectivity index (χ2v) is 4.48. The molecule has 0 fully saturated rings. The van der Waals surface area contributed by atoms with Gasteiger partial charge in [0, 0.05) is 22.8 Å². The third-order valence-corrected chi connectivity index (χ3v) is 2.97. The number of unbranched alkanes of at least 4 members (excludes halogenated alkanes) is 1. The van der Waals surface area contributed by atoms with Crippen LogP contribution in [0.3, 0.4) is 0 Å². The number of carbonyl (C=O) groups is 1. The van der Waals surface area contributed by atoms with Crippen LogP contribution in [0.25, 0.3) is 10.9 Å². The van der Waals surface area contributed by atoms with Crippen molar-refractivity contribution >= 4 is 22.6 Å². The summed E-state index contributed by atoms with van der Waals surface area (Å²) in [5.74, 6) is 0. The van der Waals surface area contributed by atoms with E-state index in [1.807, 2.05) is 64.2 Å². The van der Waals surface area contributed by atoms with Crippen LogP contribution in [-0.2, 0) is 0 Å². The number of nitrogens with one attached hydrogen (secondary N) is 3. The summed E-state index contributed by atoms with van der Waals surface area (Å²) in [4.78, 5) is 15.1. The summed E-state index contributed by atoms with van der Waals surface area (Å²) >= 11 is 0. The van der Waals surface area contributed by atoms with Crippen molar-refractivity contribution in [2.24, 2.45) is 0 Å². The minimum Gasteiger partial charge on any atom is -0.361 e. The van der Waals surface area contributed by atoms with Crippen LogP contribution in [0, 0.1) is 0 Å². The van der Waals surface area contributed by atoms with Gasteiger partial charge in [-0.2, -0.15) is 0 Å². The highest BCUT2D eigenvalue weighted by Gasteiger charge is 2.06. The fraction of sp³-hybridized carbons (Fsp3) is 0.350. The van der Waals surface area contributed by atoms with Gasteiger partial charge in [0.25, 0.3) is 0 Å². The number of allylic oxidation sites excluding steroid dienone is 2. The van der Waals surface area contributed by atoms with E-state index in [1.165, 1.54) is 0 Å². The SMILES string of the molecule is C=C/C(=C\CCC)NC(=O)Nc1cccc2[nH]ccc12.CC.CC. The number of aromatic amines is 1. The van der Waals surface area contributed by atoms with Gasteiger partial charge in [0.05, 0.1) is 5.69 Å². The van der Waals surface area contributed by atoms with Crippen LogP contribution in [0.1, 0.15) is 47.5 Å². The molecule has 0 atom stereocenters. The molecule has 3 N–H and O–H groups in total. The van der Waals surface area contributed by atoms with Crippen molar-refractivity contribution < 1.29 is 4.79 Å². The van der Waals surface area contributed by atoms with Gasteiger partial charge >= 0.3 is 6.03 Å². The Morgan fingerprint density at radius 3 is 2.54 bits per heavy atom. The predicted octanol–water partition coefficient (Wildman–Crippen LogP) is 6.21. The quantitative estimate of drug-likeness (QED) is 0.561. The molecule has 0 aliphatic rings. The van der Waals surface area contributed by atoms with Crippen molar-refractivity contribution in [1.82, 2.24) is 10.3 Å². The zero-order valence-electron chi connectivity index (χ0n) is 15.6. The van der Waals surface area contributed by atoms with Gasteiger partial charge in [0.15, 0.2) is 0 Å². The summed E-state index contributed by atoms with van der Waals surface area (Å²) < 4.78 is 0. The van der Waals surface area contributed by atoms with Gasteiger partial charge in [0.2, 0.25) is 0 Å². The Morgan fingerprint density at radius 1 is 1.21 bits per heavy atom. The summed E-state index contributed by atoms with van der Waals surface area (Å²) in [6.45, 7) is 13.8. The van der Waals surface area contributed by atoms with Gasteiger partial charge in [0.1, 0.15) is 0 Å². The number of benzene rings is 1. The predicted molar refractivity (Wildman–Crippen MR) is 106 cm³/mol. The molecular formula is C20H31N3O. The van der Waals surface area contributed by atoms with Crippen molar-refractivity contribution in [3.63, 3.8) is 0 Å². The molecule has 4 heteroatoms. The third kappa shape index (κ3) is 6.73. The second-order valence-electron chi connectivity index (χ2n) is 4.48. The lowest BCUT2D eigenvalue weighted by Crippen LogP contribution is -2.27. The van der Waals surface area contributed by atoms with Crippen LogP contribution < -0.4 is 10.6 Å². The number of hydrogen-bond donors (Lipinski definition) is 3. The van der Waals surface area contributed by atoms with Crippen molar-refractivity contribution in [1.29, 1.82) is 0 Å². The molecule has 2 amide bonds. The number of fused-ring (bicyclic) bond motifs is 1. The standard InChI is InChI=1S/C16H19N3O.2C2H6/c1-3-5-7-12(4-2)18-16(20)19-15-9-6-8-14-13(15)10-11-17-14;2*1-2/h4,6-11,17H,2-3,5H2,1H3,(H2,18,19,20);2*1-2H3/b12-7+;;. The maximum Gasteiger partial charge on any atom is 0.323 e. The van der Waals surface area contributed by atoms with Gasteiger partial charge in [-0.05, 0) is 30.7 Å². The largest absolute Gasteiger partial charge is 0.361 e. The van der Waals surface area contributed by atoms with Crippen molar-refractivity contribution in [2.45, 2.75) is 47.5 Å². The summed E-state index contributed by atoms with van der Waals surface area (Å²) in [6.07, 6.45) is 7.40. The molecule has 4 nitrogen and oxygen atoms in total. The molecule has 0 unspecified atom stereocenters. The van der Waals surface area contributed by atoms with Crippen LogP contribution in [0.2, 0.25) is 0 Å². The van der Waals surface area contributed by atoms with Crippen molar-refractivity contribution in [2.75, 3.05) is 5.32 Å². The van der Waals surface area contributed by atoms with Crippen molar-refractivity contribution in [3.8, 4) is 0 Å². The number of urea groups is 1. The average molecular weight is 329 g/mol. The molecule has 0 aliphatic carbocycles. The Balaban J connectivity index is 0.00000123. The van der Waals surface area contributed by atoms with Gasteiger partial charge in [-0.1, -0.05) is 59.8 Å². The van der Waals surface area contributed by atoms with Crippen LogP contribution in [0.15, 0.2) is 54.9 Å². The van der Waals surface area contributed by atoms with Crippen LogP contribution >= 0.6 is 0 Å². The molecule has 0 radical (unpaired) electrons. The fourth-order valence-corrected chi connectivity index (χ4v) is 1.96. The smallest absolute Gasteiger partial charge is 0.323 e. The highest BCUT2D eigenvalue weighted by molar-refractivity contribution is 6.01. The van der Waals surface area contributed by atoms with Crippen LogP contribution in [0.5, 0.6) is 0 Å². The Kier molecular flexibility index (Phi) is 11.6. The first-order chi connectivity index (χ1) is 11.7. The lowest BCUT2D eigenvalue weighted by Gasteiger charge is -2.09. The van der Waals surface area contributed by atoms with Gasteiger partial charge in [-0.25, -0.2) is 4.79 Å². The first kappa shape index (κ1) is 21.5. The first-order valence-electron chi connectivity index (χ1n) is 8.71. The molecule has 0 saturated carbocycles. The monoisotopic (exact) mass is 329 g/mol. The number of aromatic nitrogens is 1. The van der Waals surface area contributed by atoms with E-state index in [-0.39, 0.29) is 6.03 Å². The van der Waals surface area contributed by atoms with E-state index in [9.17, 15) is 4.79 Å². The van der Waals surface area contributed by atoms with Crippen LogP contribution in [-0.4, -0.2) is 11.0 Å². The molecule has 0 spiro atoms. The molecule has 0 aliphatic heterocycles. The van der Waals surface area contributed by atoms with E-state index in [4.69, 9.17) is 0 Å². The van der Waals surface area contributed by atoms with Crippen LogP contribution in [0.4, 0.5) is 10.5 Å². The maximum absolute atomic E-state index is 12.0. The number of H-pyrrole nitrogens is 1. The average Bonchev–Trinajstić information content (AvgIpc) is 3.12. The molecule has 1 heterocycles. The summed E-state index contributed by atoms with van der Waals surface area (Å²) in [6, 6.07) is 7.41. The first-order valence-corrected chi connectivity index (χ1v) is 8.71. The number of hydrogen-bond acceptors (Lipinski definition) is 1. The van der Waals surface area contributed by atoms with E-state index >= 15 is 0 Å². The lowest BCUT2D eigenvalue weighted by atomic mass is 10.2. The van der Waals surface area contributed by atoms with Gasteiger partial charge in [-0.3, -0.25) is 0 Å². The minimum absolute atomic E-state index is 0.263. The number of rotatable bonds is 5. The Bertz CT molecular complexity index is 641. The van der Waals surface area contributed by atoms with Gasteiger partial charge in [-0.15, -0.1) is 0 Å². The lowest BCUT2D eigenvalue weighted by molar-refractivity contribution is 0.254. The van der Waals surface area contributed by atoms with E-state index in [0.29, 0.717) is 0 Å². The maximum atomic E-state index is 12.0. The Morgan fingerprint density at radius 2 is 1.92 bits per heavy atom. The van der Waals surface area contributed by atoms with Crippen molar-refractivity contribution in [3.05, 3.63) is 54.9 Å². The molecule has 0 saturated heterocycles. The molecule has 2 rings (SSSR count). The summed E-state index contributed by atoms with van der Waals surface area (Å²) in [5.41, 5.74) is 2.50. The highest BCUT2D eigenvalue weighted by Crippen LogP contribution is 2.21. The number of carbonyl (C=O) groups excluding carboxylic acids is 1. The summed E-state index contributed by atoms with van der Waals surface area (Å²) in [5, 5.41) is 6.63. The Hall–Kier alpha value is -2.49. The topological polar surface area (TPSA) is 56.9 Å². The second kappa shape index (κ2) is 13.0. The molecule has 132 valence electrons. The zero-order chi connectivity index (χ0) is 18.4. The zero-order valence-corrected chi connectivity index (χ0v) is 15.6. The molecule has 0 bridgehead atoms. The normalized spacial score (nSPS) is 9.96. The number of anilines is 1. The molecule has 24 heavy (non-hydrogen) atoms. The molecule has 1 aromatic carbocycles. The van der Waals surface area contributed by atoms with E-state index in [1.54, 1.807) is 6.08 Å². The molecule has 1 aromatic heterocycles. The van der Waals surface area contributed by atoms with E-state index in [0.717, 1.165) is 35.1 Å². The van der Waals surface area contributed by atoms with Gasteiger partial charge < -0.3 is 15.6 Å². The molecular weight excluding hydrogens is 298 g/mol.